The molecule has 1 fully saturated rings. The highest BCUT2D eigenvalue weighted by molar-refractivity contribution is 14.1. The molecule has 30 heavy (non-hydrogen) atoms. The van der Waals surface area contributed by atoms with Crippen molar-refractivity contribution < 1.29 is 9.53 Å². The molecule has 0 aromatic heterocycles. The molecule has 6 heteroatoms. The fourth-order valence-corrected chi connectivity index (χ4v) is 5.09. The lowest BCUT2D eigenvalue weighted by molar-refractivity contribution is -0.164. The highest BCUT2D eigenvalue weighted by Crippen LogP contribution is 2.55. The normalized spacial score (nSPS) is 20.7. The van der Waals surface area contributed by atoms with E-state index in [9.17, 15) is 4.79 Å². The van der Waals surface area contributed by atoms with Gasteiger partial charge < -0.3 is 10.1 Å². The number of carbonyl (C=O) groups is 1. The van der Waals surface area contributed by atoms with Crippen LogP contribution in [-0.2, 0) is 0 Å². The van der Waals surface area contributed by atoms with E-state index in [1.807, 2.05) is 40.8 Å². The van der Waals surface area contributed by atoms with Crippen LogP contribution in [0.1, 0.15) is 49.2 Å². The lowest BCUT2D eigenvalue weighted by Crippen LogP contribution is -2.74. The van der Waals surface area contributed by atoms with Crippen molar-refractivity contribution in [2.45, 2.75) is 39.8 Å². The highest BCUT2D eigenvalue weighted by atomic mass is 127. The molecule has 2 aromatic carbocycles. The molecular formula is C24H22ClIN2O2. The third kappa shape index (κ3) is 4.15. The molecule has 154 valence electrons. The summed E-state index contributed by atoms with van der Waals surface area (Å²) >= 11 is 8.13. The number of rotatable bonds is 4. The molecule has 1 saturated carbocycles. The standard InChI is InChI=1S/C24H22ClIN2O2/c1-23(2)21(28-20(29)16-7-5-15(6-8-16)11-12-26)24(3,4)22(23)30-18-10-9-17(14-27)19(25)13-18/h5-10,13,21-22H,1-4H3,(H,28,29). The van der Waals surface area contributed by atoms with Crippen LogP contribution in [0.15, 0.2) is 42.5 Å². The summed E-state index contributed by atoms with van der Waals surface area (Å²) in [5.74, 6) is 3.46. The summed E-state index contributed by atoms with van der Waals surface area (Å²) in [6.45, 7) is 8.33. The quantitative estimate of drug-likeness (QED) is 0.414. The first-order valence-electron chi connectivity index (χ1n) is 9.50. The van der Waals surface area contributed by atoms with E-state index in [0.717, 1.165) is 5.56 Å². The van der Waals surface area contributed by atoms with Gasteiger partial charge in [0.15, 0.2) is 0 Å². The molecule has 0 aliphatic heterocycles. The Hall–Kier alpha value is -2.22. The molecule has 0 atom stereocenters. The molecule has 1 amide bonds. The van der Waals surface area contributed by atoms with Crippen molar-refractivity contribution in [3.63, 3.8) is 0 Å². The van der Waals surface area contributed by atoms with Crippen molar-refractivity contribution in [2.24, 2.45) is 10.8 Å². The monoisotopic (exact) mass is 532 g/mol. The van der Waals surface area contributed by atoms with E-state index in [4.69, 9.17) is 21.6 Å². The molecule has 0 radical (unpaired) electrons. The van der Waals surface area contributed by atoms with Gasteiger partial charge in [0.25, 0.3) is 5.91 Å². The lowest BCUT2D eigenvalue weighted by Gasteiger charge is -2.63. The Labute approximate surface area is 196 Å². The van der Waals surface area contributed by atoms with Gasteiger partial charge in [-0.1, -0.05) is 45.2 Å². The van der Waals surface area contributed by atoms with Crippen LogP contribution in [0.5, 0.6) is 5.75 Å². The maximum Gasteiger partial charge on any atom is 0.251 e. The predicted molar refractivity (Wildman–Crippen MR) is 127 cm³/mol. The minimum atomic E-state index is -0.299. The van der Waals surface area contributed by atoms with Crippen LogP contribution in [-0.4, -0.2) is 18.1 Å². The number of ether oxygens (including phenoxy) is 1. The van der Waals surface area contributed by atoms with Crippen LogP contribution in [0.4, 0.5) is 0 Å². The van der Waals surface area contributed by atoms with Gasteiger partial charge in [0.1, 0.15) is 17.9 Å². The number of nitrogens with zero attached hydrogens (tertiary/aromatic N) is 1. The Kier molecular flexibility index (Phi) is 6.36. The molecule has 0 heterocycles. The molecular weight excluding hydrogens is 511 g/mol. The number of halogens is 2. The number of carbonyl (C=O) groups excluding carboxylic acids is 1. The summed E-state index contributed by atoms with van der Waals surface area (Å²) in [5.41, 5.74) is 1.29. The van der Waals surface area contributed by atoms with Crippen molar-refractivity contribution in [3.05, 3.63) is 64.2 Å². The van der Waals surface area contributed by atoms with E-state index in [0.29, 0.717) is 21.9 Å². The second-order valence-corrected chi connectivity index (χ2v) is 9.54. The second kappa shape index (κ2) is 8.49. The van der Waals surface area contributed by atoms with Gasteiger partial charge in [-0.2, -0.15) is 5.26 Å². The van der Waals surface area contributed by atoms with Gasteiger partial charge in [-0.25, -0.2) is 0 Å². The van der Waals surface area contributed by atoms with Gasteiger partial charge in [-0.05, 0) is 40.3 Å². The van der Waals surface area contributed by atoms with E-state index < -0.39 is 0 Å². The average Bonchev–Trinajstić information content (AvgIpc) is 2.70. The van der Waals surface area contributed by atoms with Crippen LogP contribution in [0.3, 0.4) is 0 Å². The van der Waals surface area contributed by atoms with E-state index in [1.54, 1.807) is 30.3 Å². The minimum absolute atomic E-state index is 0.0785. The number of nitriles is 1. The zero-order chi connectivity index (χ0) is 22.1. The fourth-order valence-electron chi connectivity index (χ4n) is 4.57. The Morgan fingerprint density at radius 2 is 1.77 bits per heavy atom. The van der Waals surface area contributed by atoms with Crippen molar-refractivity contribution in [2.75, 3.05) is 0 Å². The molecule has 4 nitrogen and oxygen atoms in total. The SMILES string of the molecule is CC1(C)C(NC(=O)c2ccc(C#CI)cc2)C(C)(C)C1Oc1ccc(C#N)c(Cl)c1. The highest BCUT2D eigenvalue weighted by Gasteiger charge is 2.64. The Balaban J connectivity index is 1.74. The summed E-state index contributed by atoms with van der Waals surface area (Å²) < 4.78 is 9.08. The molecule has 2 aromatic rings. The van der Waals surface area contributed by atoms with Crippen LogP contribution in [0, 0.1) is 32.0 Å². The van der Waals surface area contributed by atoms with E-state index in [1.165, 1.54) is 0 Å². The van der Waals surface area contributed by atoms with Crippen LogP contribution in [0.25, 0.3) is 0 Å². The van der Waals surface area contributed by atoms with Crippen molar-refractivity contribution in [1.29, 1.82) is 5.26 Å². The fraction of sp³-hybridized carbons (Fsp3) is 0.333. The molecule has 3 rings (SSSR count). The third-order valence-electron chi connectivity index (χ3n) is 5.77. The van der Waals surface area contributed by atoms with Crippen LogP contribution >= 0.6 is 34.2 Å². The largest absolute Gasteiger partial charge is 0.489 e. The topological polar surface area (TPSA) is 62.1 Å². The predicted octanol–water partition coefficient (Wildman–Crippen LogP) is 5.57. The summed E-state index contributed by atoms with van der Waals surface area (Å²) in [7, 11) is 0. The first kappa shape index (κ1) is 22.5. The van der Waals surface area contributed by atoms with Crippen LogP contribution < -0.4 is 10.1 Å². The molecule has 0 unspecified atom stereocenters. The van der Waals surface area contributed by atoms with Crippen molar-refractivity contribution in [3.8, 4) is 21.7 Å². The zero-order valence-corrected chi connectivity index (χ0v) is 20.1. The Morgan fingerprint density at radius 3 is 2.30 bits per heavy atom. The molecule has 1 N–H and O–H groups in total. The number of amides is 1. The molecule has 0 bridgehead atoms. The number of hydrogen-bond donors (Lipinski definition) is 1. The van der Waals surface area contributed by atoms with Gasteiger partial charge in [-0.3, -0.25) is 4.79 Å². The minimum Gasteiger partial charge on any atom is -0.489 e. The molecule has 1 aliphatic carbocycles. The first-order chi connectivity index (χ1) is 14.1. The van der Waals surface area contributed by atoms with Crippen LogP contribution in [0.2, 0.25) is 5.02 Å². The second-order valence-electron chi connectivity index (χ2n) is 8.60. The number of hydrogen-bond acceptors (Lipinski definition) is 3. The van der Waals surface area contributed by atoms with E-state index in [-0.39, 0.29) is 28.9 Å². The summed E-state index contributed by atoms with van der Waals surface area (Å²) in [5, 5.41) is 12.6. The molecule has 0 saturated heterocycles. The van der Waals surface area contributed by atoms with E-state index in [2.05, 4.69) is 42.9 Å². The van der Waals surface area contributed by atoms with Crippen molar-refractivity contribution >= 4 is 40.1 Å². The lowest BCUT2D eigenvalue weighted by atomic mass is 9.49. The number of nitrogens with one attached hydrogen (secondary N) is 1. The summed E-state index contributed by atoms with van der Waals surface area (Å²) in [6, 6.07) is 14.3. The van der Waals surface area contributed by atoms with Gasteiger partial charge in [0, 0.05) is 56.7 Å². The first-order valence-corrected chi connectivity index (χ1v) is 11.0. The molecule has 0 spiro atoms. The number of benzene rings is 2. The van der Waals surface area contributed by atoms with Gasteiger partial charge in [0.05, 0.1) is 10.6 Å². The van der Waals surface area contributed by atoms with Gasteiger partial charge in [-0.15, -0.1) is 0 Å². The van der Waals surface area contributed by atoms with E-state index >= 15 is 0 Å². The maximum absolute atomic E-state index is 12.8. The van der Waals surface area contributed by atoms with Crippen molar-refractivity contribution in [1.82, 2.24) is 5.32 Å². The van der Waals surface area contributed by atoms with Gasteiger partial charge in [0.2, 0.25) is 0 Å². The zero-order valence-electron chi connectivity index (χ0n) is 17.2. The maximum atomic E-state index is 12.8. The summed E-state index contributed by atoms with van der Waals surface area (Å²) in [4.78, 5) is 12.8. The summed E-state index contributed by atoms with van der Waals surface area (Å²) in [6.07, 6.45) is -0.138. The molecule has 1 aliphatic rings. The average molecular weight is 533 g/mol. The Bertz CT molecular complexity index is 1060. The van der Waals surface area contributed by atoms with Gasteiger partial charge >= 0.3 is 0 Å². The third-order valence-corrected chi connectivity index (χ3v) is 6.35. The smallest absolute Gasteiger partial charge is 0.251 e. The Morgan fingerprint density at radius 1 is 1.13 bits per heavy atom.